The third kappa shape index (κ3) is 3.08. The number of nitrogens with one attached hydrogen (secondary N) is 3. The summed E-state index contributed by atoms with van der Waals surface area (Å²) in [6.45, 7) is 4.92. The highest BCUT2D eigenvalue weighted by Gasteiger charge is 2.49. The lowest BCUT2D eigenvalue weighted by Gasteiger charge is -2.31. The van der Waals surface area contributed by atoms with Gasteiger partial charge in [0.15, 0.2) is 0 Å². The molecule has 1 aliphatic heterocycles. The summed E-state index contributed by atoms with van der Waals surface area (Å²) in [5.41, 5.74) is 9.20. The number of fused-ring (bicyclic) bond motifs is 5. The van der Waals surface area contributed by atoms with Gasteiger partial charge in [-0.05, 0) is 37.3 Å². The molecular formula is C23H26FN9. The van der Waals surface area contributed by atoms with E-state index in [0.29, 0.717) is 46.7 Å². The predicted octanol–water partition coefficient (Wildman–Crippen LogP) is 3.31. The lowest BCUT2D eigenvalue weighted by molar-refractivity contribution is 0.436. The molecule has 5 N–H and O–H groups in total. The normalized spacial score (nSPS) is 24.2. The monoisotopic (exact) mass is 447 g/mol. The predicted molar refractivity (Wildman–Crippen MR) is 127 cm³/mol. The summed E-state index contributed by atoms with van der Waals surface area (Å²) in [5.74, 6) is 2.49. The van der Waals surface area contributed by atoms with E-state index in [4.69, 9.17) is 15.7 Å². The Labute approximate surface area is 190 Å². The maximum Gasteiger partial charge on any atom is 0.231 e. The molecule has 170 valence electrons. The van der Waals surface area contributed by atoms with Gasteiger partial charge in [0.05, 0.1) is 34.7 Å². The Morgan fingerprint density at radius 1 is 1.21 bits per heavy atom. The van der Waals surface area contributed by atoms with Gasteiger partial charge < -0.3 is 26.3 Å². The molecule has 1 saturated heterocycles. The first-order valence-corrected chi connectivity index (χ1v) is 11.2. The third-order valence-corrected chi connectivity index (χ3v) is 7.24. The van der Waals surface area contributed by atoms with Crippen molar-refractivity contribution in [2.24, 2.45) is 17.6 Å². The molecule has 1 aromatic carbocycles. The van der Waals surface area contributed by atoms with E-state index < -0.39 is 0 Å². The molecule has 1 aliphatic carbocycles. The fourth-order valence-corrected chi connectivity index (χ4v) is 5.55. The number of hydrogen-bond acceptors (Lipinski definition) is 8. The molecule has 6 rings (SSSR count). The number of nitrogens with two attached hydrogens (primary N) is 1. The number of hydrogen-bond donors (Lipinski definition) is 4. The molecule has 4 atom stereocenters. The van der Waals surface area contributed by atoms with Gasteiger partial charge in [-0.25, -0.2) is 14.4 Å². The topological polar surface area (TPSA) is 121 Å². The molecule has 0 amide bonds. The average molecular weight is 448 g/mol. The molecule has 4 aromatic rings. The minimum atomic E-state index is -0.309. The second kappa shape index (κ2) is 7.24. The van der Waals surface area contributed by atoms with Crippen LogP contribution in [0.5, 0.6) is 0 Å². The van der Waals surface area contributed by atoms with Crippen molar-refractivity contribution in [3.05, 3.63) is 36.2 Å². The van der Waals surface area contributed by atoms with Gasteiger partial charge in [-0.1, -0.05) is 6.92 Å². The van der Waals surface area contributed by atoms with E-state index in [9.17, 15) is 4.39 Å². The molecule has 9 nitrogen and oxygen atoms in total. The van der Waals surface area contributed by atoms with E-state index in [1.165, 1.54) is 6.07 Å². The van der Waals surface area contributed by atoms with Gasteiger partial charge >= 0.3 is 0 Å². The molecule has 0 radical (unpaired) electrons. The third-order valence-electron chi connectivity index (χ3n) is 7.24. The highest BCUT2D eigenvalue weighted by atomic mass is 19.1. The first-order chi connectivity index (χ1) is 15.9. The Morgan fingerprint density at radius 3 is 2.67 bits per heavy atom. The molecule has 0 spiro atoms. The Balaban J connectivity index is 1.55. The van der Waals surface area contributed by atoms with Crippen LogP contribution < -0.4 is 21.3 Å². The molecule has 4 heterocycles. The van der Waals surface area contributed by atoms with Crippen molar-refractivity contribution in [2.75, 3.05) is 29.1 Å². The summed E-state index contributed by atoms with van der Waals surface area (Å²) in [7, 11) is 1.78. The van der Waals surface area contributed by atoms with E-state index in [2.05, 4.69) is 37.4 Å². The second-order valence-corrected chi connectivity index (χ2v) is 9.13. The number of H-pyrrole nitrogens is 1. The zero-order chi connectivity index (χ0) is 22.9. The quantitative estimate of drug-likeness (QED) is 0.376. The number of anilines is 4. The van der Waals surface area contributed by atoms with E-state index >= 15 is 0 Å². The summed E-state index contributed by atoms with van der Waals surface area (Å²) < 4.78 is 14.5. The zero-order valence-electron chi connectivity index (χ0n) is 18.7. The van der Waals surface area contributed by atoms with Crippen molar-refractivity contribution in [3.8, 4) is 0 Å². The van der Waals surface area contributed by atoms with Gasteiger partial charge in [0.25, 0.3) is 0 Å². The highest BCUT2D eigenvalue weighted by molar-refractivity contribution is 6.15. The second-order valence-electron chi connectivity index (χ2n) is 9.13. The lowest BCUT2D eigenvalue weighted by Crippen LogP contribution is -2.41. The summed E-state index contributed by atoms with van der Waals surface area (Å²) in [4.78, 5) is 23.9. The minimum absolute atomic E-state index is 0.206. The molecule has 3 aromatic heterocycles. The van der Waals surface area contributed by atoms with Crippen LogP contribution >= 0.6 is 0 Å². The van der Waals surface area contributed by atoms with Crippen LogP contribution in [0.3, 0.4) is 0 Å². The standard InChI is InChI=1S/C23H26FN9/c1-10-15-9-33(18(10)6-16(15)25)22-19-14-4-12(24)5-17(26-3)20(14)30-21(19)31-23(32-22)29-13-7-27-11(2)28-8-13/h4-5,7-8,10,15-16,18,26H,6,9,25H2,1-3H3,(H2,29,30,31,32)/t10-,15+,16-,18+/m1/s1. The average Bonchev–Trinajstić information content (AvgIpc) is 3.41. The van der Waals surface area contributed by atoms with Crippen molar-refractivity contribution >= 4 is 45.1 Å². The minimum Gasteiger partial charge on any atom is -0.386 e. The summed E-state index contributed by atoms with van der Waals surface area (Å²) >= 11 is 0. The molecule has 2 fully saturated rings. The van der Waals surface area contributed by atoms with E-state index in [1.54, 1.807) is 25.5 Å². The van der Waals surface area contributed by atoms with Crippen molar-refractivity contribution in [1.29, 1.82) is 0 Å². The molecule has 2 aliphatic rings. The fraction of sp³-hybridized carbons (Fsp3) is 0.391. The first-order valence-electron chi connectivity index (χ1n) is 11.2. The lowest BCUT2D eigenvalue weighted by atomic mass is 9.98. The van der Waals surface area contributed by atoms with E-state index in [-0.39, 0.29) is 11.9 Å². The Kier molecular flexibility index (Phi) is 4.41. The van der Waals surface area contributed by atoms with Crippen LogP contribution in [0, 0.1) is 24.6 Å². The van der Waals surface area contributed by atoms with Crippen LogP contribution in [0.2, 0.25) is 0 Å². The smallest absolute Gasteiger partial charge is 0.231 e. The van der Waals surface area contributed by atoms with Gasteiger partial charge in [-0.15, -0.1) is 0 Å². The van der Waals surface area contributed by atoms with Crippen molar-refractivity contribution < 1.29 is 4.39 Å². The Hall–Kier alpha value is -3.53. The molecule has 10 heteroatoms. The largest absolute Gasteiger partial charge is 0.386 e. The number of nitrogens with zero attached hydrogens (tertiary/aromatic N) is 5. The molecule has 1 saturated carbocycles. The maximum absolute atomic E-state index is 14.5. The van der Waals surface area contributed by atoms with Crippen molar-refractivity contribution in [3.63, 3.8) is 0 Å². The van der Waals surface area contributed by atoms with Crippen LogP contribution in [0.25, 0.3) is 21.9 Å². The van der Waals surface area contributed by atoms with E-state index in [1.807, 2.05) is 6.92 Å². The van der Waals surface area contributed by atoms with Crippen LogP contribution in [0.1, 0.15) is 19.2 Å². The van der Waals surface area contributed by atoms with Crippen molar-refractivity contribution in [1.82, 2.24) is 24.9 Å². The SMILES string of the molecule is CNc1cc(F)cc2c1[nH]c1nc(Nc3cnc(C)nc3)nc(N3C[C@H]4[C@@H](C)[C@@H]3C[C@H]4N)c12. The van der Waals surface area contributed by atoms with Crippen LogP contribution in [-0.2, 0) is 0 Å². The zero-order valence-corrected chi connectivity index (χ0v) is 18.7. The van der Waals surface area contributed by atoms with Crippen LogP contribution in [0.15, 0.2) is 24.5 Å². The van der Waals surface area contributed by atoms with Gasteiger partial charge in [0.2, 0.25) is 5.95 Å². The number of benzene rings is 1. The van der Waals surface area contributed by atoms with Crippen molar-refractivity contribution in [2.45, 2.75) is 32.4 Å². The summed E-state index contributed by atoms with van der Waals surface area (Å²) in [6, 6.07) is 3.52. The molecule has 2 bridgehead atoms. The number of aromatic amines is 1. The number of aryl methyl sites for hydroxylation is 1. The van der Waals surface area contributed by atoms with Crippen LogP contribution in [0.4, 0.5) is 27.5 Å². The molecule has 0 unspecified atom stereocenters. The number of aromatic nitrogens is 5. The molecule has 33 heavy (non-hydrogen) atoms. The van der Waals surface area contributed by atoms with Gasteiger partial charge in [0, 0.05) is 31.1 Å². The van der Waals surface area contributed by atoms with Crippen LogP contribution in [-0.4, -0.2) is 50.6 Å². The molecular weight excluding hydrogens is 421 g/mol. The summed E-state index contributed by atoms with van der Waals surface area (Å²) in [6.07, 6.45) is 4.33. The number of halogens is 1. The van der Waals surface area contributed by atoms with E-state index in [0.717, 1.165) is 35.1 Å². The Morgan fingerprint density at radius 2 is 2.00 bits per heavy atom. The first kappa shape index (κ1) is 20.1. The Bertz CT molecular complexity index is 1370. The fourth-order valence-electron chi connectivity index (χ4n) is 5.55. The number of rotatable bonds is 4. The number of piperidine rings is 1. The van der Waals surface area contributed by atoms with Gasteiger partial charge in [-0.2, -0.15) is 9.97 Å². The van der Waals surface area contributed by atoms with Gasteiger partial charge in [-0.3, -0.25) is 0 Å². The highest BCUT2D eigenvalue weighted by Crippen LogP contribution is 2.46. The van der Waals surface area contributed by atoms with Gasteiger partial charge in [0.1, 0.15) is 23.1 Å². The maximum atomic E-state index is 14.5. The summed E-state index contributed by atoms with van der Waals surface area (Å²) in [5, 5.41) is 7.88.